The van der Waals surface area contributed by atoms with Crippen molar-refractivity contribution < 1.29 is 0 Å². The molecule has 0 spiro atoms. The summed E-state index contributed by atoms with van der Waals surface area (Å²) in [5.41, 5.74) is 4.67. The minimum atomic E-state index is 0.220. The molecule has 25 heavy (non-hydrogen) atoms. The summed E-state index contributed by atoms with van der Waals surface area (Å²) in [6.45, 7) is 8.69. The monoisotopic (exact) mass is 333 g/mol. The second-order valence-electron chi connectivity index (χ2n) is 8.37. The lowest BCUT2D eigenvalue weighted by Crippen LogP contribution is -2.54. The molecule has 3 fully saturated rings. The van der Waals surface area contributed by atoms with Gasteiger partial charge in [0.15, 0.2) is 0 Å². The van der Waals surface area contributed by atoms with E-state index in [0.717, 1.165) is 24.7 Å². The van der Waals surface area contributed by atoms with Gasteiger partial charge in [0.2, 0.25) is 0 Å². The van der Waals surface area contributed by atoms with E-state index in [1.54, 1.807) is 0 Å². The van der Waals surface area contributed by atoms with E-state index in [1.165, 1.54) is 49.2 Å². The molecule has 0 amide bonds. The SMILES string of the molecule is CCc1ccc(C(C)(Cc2ccccc2)C2CN3CCC2CC3)cc1. The third-order valence-corrected chi connectivity index (χ3v) is 6.91. The van der Waals surface area contributed by atoms with Gasteiger partial charge in [0, 0.05) is 12.0 Å². The van der Waals surface area contributed by atoms with Crippen molar-refractivity contribution in [1.29, 1.82) is 0 Å². The van der Waals surface area contributed by atoms with Crippen LogP contribution in [0.25, 0.3) is 0 Å². The highest BCUT2D eigenvalue weighted by Gasteiger charge is 2.45. The van der Waals surface area contributed by atoms with E-state index in [9.17, 15) is 0 Å². The number of benzene rings is 2. The zero-order valence-corrected chi connectivity index (χ0v) is 15.7. The van der Waals surface area contributed by atoms with Crippen LogP contribution in [0.5, 0.6) is 0 Å². The number of rotatable bonds is 5. The highest BCUT2D eigenvalue weighted by atomic mass is 15.1. The maximum atomic E-state index is 2.70. The molecule has 0 aromatic heterocycles. The Morgan fingerprint density at radius 2 is 1.60 bits per heavy atom. The molecule has 0 saturated carbocycles. The molecule has 2 unspecified atom stereocenters. The van der Waals surface area contributed by atoms with Crippen molar-refractivity contribution in [2.24, 2.45) is 11.8 Å². The first kappa shape index (κ1) is 16.8. The van der Waals surface area contributed by atoms with Gasteiger partial charge in [-0.15, -0.1) is 0 Å². The summed E-state index contributed by atoms with van der Waals surface area (Å²) in [6, 6.07) is 20.6. The lowest BCUT2D eigenvalue weighted by Gasteiger charge is -2.52. The first-order valence-electron chi connectivity index (χ1n) is 10.0. The molecule has 2 bridgehead atoms. The average Bonchev–Trinajstić information content (AvgIpc) is 2.69. The molecular weight excluding hydrogens is 302 g/mol. The van der Waals surface area contributed by atoms with Gasteiger partial charge in [-0.05, 0) is 67.3 Å². The number of hydrogen-bond acceptors (Lipinski definition) is 1. The van der Waals surface area contributed by atoms with E-state index in [-0.39, 0.29) is 5.41 Å². The van der Waals surface area contributed by atoms with Crippen molar-refractivity contribution in [1.82, 2.24) is 4.90 Å². The van der Waals surface area contributed by atoms with Gasteiger partial charge in [-0.1, -0.05) is 68.4 Å². The number of fused-ring (bicyclic) bond motifs is 3. The maximum absolute atomic E-state index is 2.70. The molecule has 3 saturated heterocycles. The van der Waals surface area contributed by atoms with Crippen molar-refractivity contribution in [2.75, 3.05) is 19.6 Å². The largest absolute Gasteiger partial charge is 0.303 e. The van der Waals surface area contributed by atoms with Crippen LogP contribution in [0.2, 0.25) is 0 Å². The number of hydrogen-bond donors (Lipinski definition) is 0. The van der Waals surface area contributed by atoms with E-state index in [2.05, 4.69) is 73.3 Å². The van der Waals surface area contributed by atoms with Crippen LogP contribution in [-0.2, 0) is 18.3 Å². The highest BCUT2D eigenvalue weighted by Crippen LogP contribution is 2.46. The van der Waals surface area contributed by atoms with Gasteiger partial charge in [0.1, 0.15) is 0 Å². The van der Waals surface area contributed by atoms with E-state index in [1.807, 2.05) is 0 Å². The molecule has 132 valence electrons. The van der Waals surface area contributed by atoms with Gasteiger partial charge in [-0.3, -0.25) is 0 Å². The lowest BCUT2D eigenvalue weighted by atomic mass is 9.60. The Morgan fingerprint density at radius 3 is 2.16 bits per heavy atom. The predicted octanol–water partition coefficient (Wildman–Crippen LogP) is 5.09. The van der Waals surface area contributed by atoms with E-state index in [0.29, 0.717) is 0 Å². The highest BCUT2D eigenvalue weighted by molar-refractivity contribution is 5.33. The van der Waals surface area contributed by atoms with Crippen LogP contribution in [0.4, 0.5) is 0 Å². The number of aryl methyl sites for hydroxylation is 1. The zero-order valence-electron chi connectivity index (χ0n) is 15.7. The maximum Gasteiger partial charge on any atom is 0.00209 e. The average molecular weight is 334 g/mol. The summed E-state index contributed by atoms with van der Waals surface area (Å²) in [7, 11) is 0. The van der Waals surface area contributed by atoms with Crippen molar-refractivity contribution in [3.8, 4) is 0 Å². The molecule has 1 nitrogen and oxygen atoms in total. The third-order valence-electron chi connectivity index (χ3n) is 6.91. The first-order chi connectivity index (χ1) is 12.2. The fourth-order valence-corrected chi connectivity index (χ4v) is 5.28. The summed E-state index contributed by atoms with van der Waals surface area (Å²) >= 11 is 0. The third kappa shape index (κ3) is 3.27. The normalized spacial score (nSPS) is 27.8. The van der Waals surface area contributed by atoms with E-state index in [4.69, 9.17) is 0 Å². The molecule has 3 aliphatic rings. The van der Waals surface area contributed by atoms with Gasteiger partial charge >= 0.3 is 0 Å². The van der Waals surface area contributed by atoms with Gasteiger partial charge in [-0.2, -0.15) is 0 Å². The Balaban J connectivity index is 1.71. The summed E-state index contributed by atoms with van der Waals surface area (Å²) in [4.78, 5) is 2.70. The topological polar surface area (TPSA) is 3.24 Å². The smallest absolute Gasteiger partial charge is 0.00209 e. The fraction of sp³-hybridized carbons (Fsp3) is 0.500. The summed E-state index contributed by atoms with van der Waals surface area (Å²) in [5, 5.41) is 0. The molecule has 0 radical (unpaired) electrons. The van der Waals surface area contributed by atoms with Crippen molar-refractivity contribution >= 4 is 0 Å². The molecule has 2 aromatic carbocycles. The second-order valence-corrected chi connectivity index (χ2v) is 8.37. The van der Waals surface area contributed by atoms with Crippen LogP contribution in [0.3, 0.4) is 0 Å². The van der Waals surface area contributed by atoms with E-state index < -0.39 is 0 Å². The van der Waals surface area contributed by atoms with Crippen molar-refractivity contribution in [2.45, 2.75) is 44.9 Å². The summed E-state index contributed by atoms with van der Waals surface area (Å²) in [5.74, 6) is 1.66. The van der Waals surface area contributed by atoms with Gasteiger partial charge < -0.3 is 4.90 Å². The van der Waals surface area contributed by atoms with Crippen LogP contribution < -0.4 is 0 Å². The molecule has 3 aliphatic heterocycles. The lowest BCUT2D eigenvalue weighted by molar-refractivity contribution is 0.00969. The minimum Gasteiger partial charge on any atom is -0.303 e. The quantitative estimate of drug-likeness (QED) is 0.736. The Labute approximate surface area is 153 Å². The number of piperidine rings is 3. The standard InChI is InChI=1S/C24H31N/c1-3-19-9-11-22(12-10-19)24(2,17-20-7-5-4-6-8-20)23-18-25-15-13-21(23)14-16-25/h4-12,21,23H,3,13-18H2,1-2H3. The Morgan fingerprint density at radius 1 is 0.920 bits per heavy atom. The fourth-order valence-electron chi connectivity index (χ4n) is 5.28. The first-order valence-corrected chi connectivity index (χ1v) is 10.0. The summed E-state index contributed by atoms with van der Waals surface area (Å²) in [6.07, 6.45) is 5.05. The molecule has 2 atom stereocenters. The minimum absolute atomic E-state index is 0.220. The van der Waals surface area contributed by atoms with Gasteiger partial charge in [0.05, 0.1) is 0 Å². The van der Waals surface area contributed by atoms with Crippen LogP contribution in [0.15, 0.2) is 54.6 Å². The molecule has 1 heteroatoms. The summed E-state index contributed by atoms with van der Waals surface area (Å²) < 4.78 is 0. The molecule has 2 aromatic rings. The van der Waals surface area contributed by atoms with Crippen LogP contribution in [0.1, 0.15) is 43.4 Å². The Bertz CT molecular complexity index is 682. The Kier molecular flexibility index (Phi) is 4.69. The number of nitrogens with zero attached hydrogens (tertiary/aromatic N) is 1. The van der Waals surface area contributed by atoms with Crippen LogP contribution in [0, 0.1) is 11.8 Å². The molecular formula is C24H31N. The zero-order chi connectivity index (χ0) is 17.3. The van der Waals surface area contributed by atoms with E-state index >= 15 is 0 Å². The van der Waals surface area contributed by atoms with Gasteiger partial charge in [0.25, 0.3) is 0 Å². The van der Waals surface area contributed by atoms with Crippen molar-refractivity contribution in [3.05, 3.63) is 71.3 Å². The molecule has 0 aliphatic carbocycles. The predicted molar refractivity (Wildman–Crippen MR) is 106 cm³/mol. The Hall–Kier alpha value is -1.60. The van der Waals surface area contributed by atoms with Crippen LogP contribution in [-0.4, -0.2) is 24.5 Å². The molecule has 0 N–H and O–H groups in total. The van der Waals surface area contributed by atoms with Gasteiger partial charge in [-0.25, -0.2) is 0 Å². The van der Waals surface area contributed by atoms with Crippen LogP contribution >= 0.6 is 0 Å². The van der Waals surface area contributed by atoms with Crippen molar-refractivity contribution in [3.63, 3.8) is 0 Å². The molecule has 3 heterocycles. The second kappa shape index (κ2) is 6.96. The molecule has 5 rings (SSSR count).